The molecule has 0 aliphatic heterocycles. The summed E-state index contributed by atoms with van der Waals surface area (Å²) in [5.74, 6) is 1.33. The van der Waals surface area contributed by atoms with E-state index >= 15 is 0 Å². The van der Waals surface area contributed by atoms with Crippen molar-refractivity contribution in [1.82, 2.24) is 14.7 Å². The zero-order valence-electron chi connectivity index (χ0n) is 18.1. The second-order valence-corrected chi connectivity index (χ2v) is 10.4. The van der Waals surface area contributed by atoms with E-state index in [1.807, 2.05) is 37.3 Å². The van der Waals surface area contributed by atoms with Crippen LogP contribution in [-0.2, 0) is 10.0 Å². The van der Waals surface area contributed by atoms with Gasteiger partial charge < -0.3 is 4.98 Å². The minimum atomic E-state index is -3.48. The average Bonchev–Trinajstić information content (AvgIpc) is 3.24. The molecule has 0 radical (unpaired) electrons. The minimum absolute atomic E-state index is 0.0355. The number of nitrogens with one attached hydrogen (secondary N) is 2. The predicted octanol–water partition coefficient (Wildman–Crippen LogP) is 5.54. The lowest BCUT2D eigenvalue weighted by Crippen LogP contribution is -2.37. The molecule has 0 saturated heterocycles. The number of aromatic nitrogens is 2. The Bertz CT molecular complexity index is 1320. The van der Waals surface area contributed by atoms with Crippen molar-refractivity contribution < 1.29 is 8.42 Å². The van der Waals surface area contributed by atoms with Crippen LogP contribution in [0.3, 0.4) is 0 Å². The Hall–Kier alpha value is -2.96. The summed E-state index contributed by atoms with van der Waals surface area (Å²) in [7, 11) is -3.48. The quantitative estimate of drug-likeness (QED) is 0.423. The van der Waals surface area contributed by atoms with Crippen LogP contribution in [0.25, 0.3) is 22.2 Å². The van der Waals surface area contributed by atoms with Crippen molar-refractivity contribution in [2.45, 2.75) is 49.5 Å². The first-order chi connectivity index (χ1) is 15.5. The fourth-order valence-electron chi connectivity index (χ4n) is 4.52. The minimum Gasteiger partial charge on any atom is -0.342 e. The molecule has 164 valence electrons. The Kier molecular flexibility index (Phi) is 5.57. The van der Waals surface area contributed by atoms with Gasteiger partial charge in [0.15, 0.2) is 0 Å². The molecule has 32 heavy (non-hydrogen) atoms. The van der Waals surface area contributed by atoms with Crippen LogP contribution in [0.15, 0.2) is 77.7 Å². The van der Waals surface area contributed by atoms with Crippen molar-refractivity contribution in [2.75, 3.05) is 0 Å². The van der Waals surface area contributed by atoms with Crippen molar-refractivity contribution in [1.29, 1.82) is 0 Å². The summed E-state index contributed by atoms with van der Waals surface area (Å²) in [4.78, 5) is 8.70. The normalized spacial score (nSPS) is 19.3. The third-order valence-corrected chi connectivity index (χ3v) is 7.91. The van der Waals surface area contributed by atoms with Gasteiger partial charge >= 0.3 is 0 Å². The van der Waals surface area contributed by atoms with Gasteiger partial charge in [0.2, 0.25) is 10.0 Å². The van der Waals surface area contributed by atoms with Crippen molar-refractivity contribution in [3.63, 3.8) is 0 Å². The standard InChI is InChI=1S/C26H27N3O2S/c1-18-7-14-23(15-8-18)32(30,31)29-22-12-9-20(10-13-22)26-27-24-16-11-21(17-25(24)28-26)19-5-3-2-4-6-19/h2-8,11,14-17,20,22,29H,9-10,12-13H2,1H3,(H,27,28)/t20-,22-. The van der Waals surface area contributed by atoms with Gasteiger partial charge in [-0.1, -0.05) is 54.1 Å². The zero-order chi connectivity index (χ0) is 22.1. The Morgan fingerprint density at radius 3 is 2.31 bits per heavy atom. The van der Waals surface area contributed by atoms with Crippen LogP contribution >= 0.6 is 0 Å². The average molecular weight is 446 g/mol. The number of aromatic amines is 1. The maximum Gasteiger partial charge on any atom is 0.240 e. The fourth-order valence-corrected chi connectivity index (χ4v) is 5.82. The van der Waals surface area contributed by atoms with Crippen LogP contribution in [0.1, 0.15) is 43.0 Å². The summed E-state index contributed by atoms with van der Waals surface area (Å²) >= 11 is 0. The highest BCUT2D eigenvalue weighted by molar-refractivity contribution is 7.89. The molecule has 1 fully saturated rings. The summed E-state index contributed by atoms with van der Waals surface area (Å²) in [5, 5.41) is 0. The van der Waals surface area contributed by atoms with E-state index in [0.717, 1.165) is 53.7 Å². The second-order valence-electron chi connectivity index (χ2n) is 8.70. The second kappa shape index (κ2) is 8.52. The topological polar surface area (TPSA) is 74.8 Å². The lowest BCUT2D eigenvalue weighted by Gasteiger charge is -2.27. The molecule has 6 heteroatoms. The first-order valence-corrected chi connectivity index (χ1v) is 12.6. The predicted molar refractivity (Wildman–Crippen MR) is 128 cm³/mol. The summed E-state index contributed by atoms with van der Waals surface area (Å²) in [5.41, 5.74) is 5.40. The highest BCUT2D eigenvalue weighted by Gasteiger charge is 2.28. The van der Waals surface area contributed by atoms with Gasteiger partial charge in [0.25, 0.3) is 0 Å². The van der Waals surface area contributed by atoms with Gasteiger partial charge in [-0.3, -0.25) is 0 Å². The summed E-state index contributed by atoms with van der Waals surface area (Å²) in [6, 6.07) is 23.6. The molecule has 2 N–H and O–H groups in total. The summed E-state index contributed by atoms with van der Waals surface area (Å²) in [6.45, 7) is 1.95. The van der Waals surface area contributed by atoms with Crippen LogP contribution in [0, 0.1) is 6.92 Å². The van der Waals surface area contributed by atoms with Crippen molar-refractivity contribution in [2.24, 2.45) is 0 Å². The van der Waals surface area contributed by atoms with Crippen molar-refractivity contribution >= 4 is 21.1 Å². The molecule has 1 aliphatic rings. The fraction of sp³-hybridized carbons (Fsp3) is 0.269. The van der Waals surface area contributed by atoms with E-state index in [2.05, 4.69) is 40.0 Å². The largest absolute Gasteiger partial charge is 0.342 e. The number of aryl methyl sites for hydroxylation is 1. The smallest absolute Gasteiger partial charge is 0.240 e. The Labute approximate surface area is 189 Å². The number of hydrogen-bond donors (Lipinski definition) is 2. The van der Waals surface area contributed by atoms with Gasteiger partial charge in [-0.05, 0) is 68.0 Å². The first-order valence-electron chi connectivity index (χ1n) is 11.1. The van der Waals surface area contributed by atoms with Gasteiger partial charge in [0.1, 0.15) is 5.82 Å². The molecule has 0 amide bonds. The van der Waals surface area contributed by atoms with Gasteiger partial charge in [-0.2, -0.15) is 0 Å². The molecular formula is C26H27N3O2S. The molecule has 0 bridgehead atoms. The van der Waals surface area contributed by atoms with Gasteiger partial charge in [-0.15, -0.1) is 0 Å². The monoisotopic (exact) mass is 445 g/mol. The van der Waals surface area contributed by atoms with Crippen LogP contribution in [0.5, 0.6) is 0 Å². The van der Waals surface area contributed by atoms with E-state index in [9.17, 15) is 8.42 Å². The molecule has 1 heterocycles. The van der Waals surface area contributed by atoms with E-state index in [4.69, 9.17) is 4.98 Å². The van der Waals surface area contributed by atoms with Gasteiger partial charge in [-0.25, -0.2) is 18.1 Å². The highest BCUT2D eigenvalue weighted by atomic mass is 32.2. The van der Waals surface area contributed by atoms with E-state index in [0.29, 0.717) is 10.8 Å². The van der Waals surface area contributed by atoms with Crippen LogP contribution in [-0.4, -0.2) is 24.4 Å². The maximum absolute atomic E-state index is 12.7. The molecule has 0 spiro atoms. The number of imidazole rings is 1. The van der Waals surface area contributed by atoms with E-state index in [-0.39, 0.29) is 6.04 Å². The van der Waals surface area contributed by atoms with E-state index in [1.54, 1.807) is 12.1 Å². The lowest BCUT2D eigenvalue weighted by atomic mass is 9.86. The van der Waals surface area contributed by atoms with Crippen molar-refractivity contribution in [3.05, 3.63) is 84.2 Å². The number of fused-ring (bicyclic) bond motifs is 1. The molecule has 1 aromatic heterocycles. The zero-order valence-corrected chi connectivity index (χ0v) is 18.9. The van der Waals surface area contributed by atoms with Gasteiger partial charge in [0, 0.05) is 12.0 Å². The number of hydrogen-bond acceptors (Lipinski definition) is 3. The summed E-state index contributed by atoms with van der Waals surface area (Å²) < 4.78 is 28.3. The molecule has 1 aliphatic carbocycles. The number of rotatable bonds is 5. The summed E-state index contributed by atoms with van der Waals surface area (Å²) in [6.07, 6.45) is 3.43. The van der Waals surface area contributed by atoms with E-state index in [1.165, 1.54) is 5.56 Å². The SMILES string of the molecule is Cc1ccc(S(=O)(=O)N[C@H]2CC[C@H](c3nc4cc(-c5ccccc5)ccc4[nH]3)CC2)cc1. The number of benzene rings is 3. The maximum atomic E-state index is 12.7. The Morgan fingerprint density at radius 1 is 0.875 bits per heavy atom. The molecular weight excluding hydrogens is 418 g/mol. The highest BCUT2D eigenvalue weighted by Crippen LogP contribution is 2.33. The molecule has 0 unspecified atom stereocenters. The molecule has 3 aromatic carbocycles. The molecule has 0 atom stereocenters. The van der Waals surface area contributed by atoms with Gasteiger partial charge in [0.05, 0.1) is 15.9 Å². The molecule has 1 saturated carbocycles. The first kappa shape index (κ1) is 20.9. The molecule has 5 rings (SSSR count). The molecule has 5 nitrogen and oxygen atoms in total. The van der Waals surface area contributed by atoms with E-state index < -0.39 is 10.0 Å². The number of nitrogens with zero attached hydrogens (tertiary/aromatic N) is 1. The third-order valence-electron chi connectivity index (χ3n) is 6.38. The lowest BCUT2D eigenvalue weighted by molar-refractivity contribution is 0.366. The van der Waals surface area contributed by atoms with Crippen molar-refractivity contribution in [3.8, 4) is 11.1 Å². The Morgan fingerprint density at radius 2 is 1.59 bits per heavy atom. The number of sulfonamides is 1. The number of H-pyrrole nitrogens is 1. The van der Waals surface area contributed by atoms with Crippen LogP contribution in [0.4, 0.5) is 0 Å². The molecule has 4 aromatic rings. The third kappa shape index (κ3) is 4.33. The Balaban J connectivity index is 1.26. The van der Waals surface area contributed by atoms with Crippen LogP contribution in [0.2, 0.25) is 0 Å². The van der Waals surface area contributed by atoms with Crippen LogP contribution < -0.4 is 4.72 Å².